The average Bonchev–Trinajstić information content (AvgIpc) is 3.26. The molecule has 0 atom stereocenters. The molecule has 0 spiro atoms. The molecule has 2 saturated carbocycles. The van der Waals surface area contributed by atoms with Crippen LogP contribution in [0.3, 0.4) is 0 Å². The van der Waals surface area contributed by atoms with Gasteiger partial charge in [-0.15, -0.1) is 0 Å². The average molecular weight is 281 g/mol. The van der Waals surface area contributed by atoms with Crippen molar-refractivity contribution >= 4 is 6.03 Å². The van der Waals surface area contributed by atoms with Gasteiger partial charge in [-0.2, -0.15) is 0 Å². The molecule has 3 fully saturated rings. The van der Waals surface area contributed by atoms with Gasteiger partial charge in [-0.05, 0) is 44.4 Å². The molecule has 1 aliphatic heterocycles. The predicted molar refractivity (Wildman–Crippen MR) is 77.5 cm³/mol. The van der Waals surface area contributed by atoms with Crippen LogP contribution in [0, 0.1) is 5.92 Å². The van der Waals surface area contributed by atoms with Crippen LogP contribution in [0.5, 0.6) is 0 Å². The first-order valence-electron chi connectivity index (χ1n) is 8.16. The predicted octanol–water partition coefficient (Wildman–Crippen LogP) is 1.03. The largest absolute Gasteiger partial charge is 0.393 e. The Bertz CT molecular complexity index is 330. The highest BCUT2D eigenvalue weighted by molar-refractivity contribution is 5.74. The fourth-order valence-corrected chi connectivity index (χ4v) is 3.29. The lowest BCUT2D eigenvalue weighted by atomic mass is 9.93. The van der Waals surface area contributed by atoms with Gasteiger partial charge in [0.1, 0.15) is 0 Å². The molecule has 0 aromatic heterocycles. The molecule has 5 heteroatoms. The van der Waals surface area contributed by atoms with Gasteiger partial charge in [0.05, 0.1) is 6.10 Å². The summed E-state index contributed by atoms with van der Waals surface area (Å²) in [6.07, 6.45) is 6.10. The van der Waals surface area contributed by atoms with Crippen molar-refractivity contribution < 1.29 is 9.90 Å². The van der Waals surface area contributed by atoms with E-state index in [1.807, 2.05) is 4.90 Å². The Morgan fingerprint density at radius 1 is 1.00 bits per heavy atom. The Hall–Kier alpha value is -0.810. The molecule has 5 nitrogen and oxygen atoms in total. The summed E-state index contributed by atoms with van der Waals surface area (Å²) in [7, 11) is 0. The number of rotatable bonds is 3. The summed E-state index contributed by atoms with van der Waals surface area (Å²) in [6.45, 7) is 4.98. The van der Waals surface area contributed by atoms with Crippen molar-refractivity contribution in [3.8, 4) is 0 Å². The topological polar surface area (TPSA) is 55.8 Å². The molecule has 1 saturated heterocycles. The minimum absolute atomic E-state index is 0.0949. The maximum atomic E-state index is 12.2. The molecule has 20 heavy (non-hydrogen) atoms. The Balaban J connectivity index is 1.37. The molecule has 3 rings (SSSR count). The molecule has 2 N–H and O–H groups in total. The van der Waals surface area contributed by atoms with Crippen LogP contribution in [-0.4, -0.2) is 65.8 Å². The zero-order valence-corrected chi connectivity index (χ0v) is 12.3. The van der Waals surface area contributed by atoms with Crippen molar-refractivity contribution in [1.29, 1.82) is 0 Å². The van der Waals surface area contributed by atoms with Gasteiger partial charge in [0.15, 0.2) is 0 Å². The Kier molecular flexibility index (Phi) is 4.46. The number of urea groups is 1. The second kappa shape index (κ2) is 6.31. The van der Waals surface area contributed by atoms with E-state index in [1.165, 1.54) is 19.4 Å². The molecule has 0 unspecified atom stereocenters. The monoisotopic (exact) mass is 281 g/mol. The van der Waals surface area contributed by atoms with Gasteiger partial charge in [0.2, 0.25) is 0 Å². The number of piperazine rings is 1. The first-order valence-corrected chi connectivity index (χ1v) is 8.16. The summed E-state index contributed by atoms with van der Waals surface area (Å²) >= 11 is 0. The normalized spacial score (nSPS) is 32.1. The number of hydrogen-bond acceptors (Lipinski definition) is 3. The van der Waals surface area contributed by atoms with E-state index in [1.54, 1.807) is 0 Å². The second-order valence-corrected chi connectivity index (χ2v) is 6.69. The third-order valence-electron chi connectivity index (χ3n) is 4.90. The minimum Gasteiger partial charge on any atom is -0.393 e. The fraction of sp³-hybridized carbons (Fsp3) is 0.933. The summed E-state index contributed by atoms with van der Waals surface area (Å²) in [5, 5.41) is 12.6. The molecule has 0 bridgehead atoms. The summed E-state index contributed by atoms with van der Waals surface area (Å²) in [4.78, 5) is 16.7. The van der Waals surface area contributed by atoms with Crippen molar-refractivity contribution in [1.82, 2.24) is 15.1 Å². The van der Waals surface area contributed by atoms with Crippen LogP contribution in [0.15, 0.2) is 0 Å². The van der Waals surface area contributed by atoms with E-state index in [2.05, 4.69) is 10.2 Å². The summed E-state index contributed by atoms with van der Waals surface area (Å²) in [6, 6.07) is 0.354. The van der Waals surface area contributed by atoms with Crippen LogP contribution in [0.25, 0.3) is 0 Å². The van der Waals surface area contributed by atoms with Crippen molar-refractivity contribution in [2.24, 2.45) is 5.92 Å². The number of nitrogens with zero attached hydrogens (tertiary/aromatic N) is 2. The number of carbonyl (C=O) groups excluding carboxylic acids is 1. The fourth-order valence-electron chi connectivity index (χ4n) is 3.29. The van der Waals surface area contributed by atoms with E-state index in [-0.39, 0.29) is 18.2 Å². The van der Waals surface area contributed by atoms with Crippen molar-refractivity contribution in [2.45, 2.75) is 50.7 Å². The highest BCUT2D eigenvalue weighted by atomic mass is 16.3. The van der Waals surface area contributed by atoms with Crippen LogP contribution in [-0.2, 0) is 0 Å². The lowest BCUT2D eigenvalue weighted by molar-refractivity contribution is 0.109. The molecule has 3 aliphatic rings. The first kappa shape index (κ1) is 14.1. The summed E-state index contributed by atoms with van der Waals surface area (Å²) in [5.74, 6) is 0.934. The standard InChI is InChI=1S/C15H27N3O2/c19-14-5-3-13(4-6-14)16-15(20)18-9-7-17(8-10-18)11-12-1-2-12/h12-14,19H,1-11H2,(H,16,20). The smallest absolute Gasteiger partial charge is 0.317 e. The van der Waals surface area contributed by atoms with Crippen LogP contribution < -0.4 is 5.32 Å². The molecule has 2 aliphatic carbocycles. The van der Waals surface area contributed by atoms with Crippen LogP contribution in [0.1, 0.15) is 38.5 Å². The minimum atomic E-state index is -0.158. The first-order chi connectivity index (χ1) is 9.70. The summed E-state index contributed by atoms with van der Waals surface area (Å²) in [5.41, 5.74) is 0. The van der Waals surface area contributed by atoms with E-state index < -0.39 is 0 Å². The van der Waals surface area contributed by atoms with E-state index in [9.17, 15) is 9.90 Å². The van der Waals surface area contributed by atoms with Gasteiger partial charge in [-0.25, -0.2) is 4.79 Å². The van der Waals surface area contributed by atoms with E-state index in [0.717, 1.165) is 57.8 Å². The quantitative estimate of drug-likeness (QED) is 0.812. The molecule has 0 aromatic carbocycles. The SMILES string of the molecule is O=C(NC1CCC(O)CC1)N1CCN(CC2CC2)CC1. The number of carbonyl (C=O) groups is 1. The maximum absolute atomic E-state index is 12.2. The van der Waals surface area contributed by atoms with Gasteiger partial charge >= 0.3 is 6.03 Å². The number of aliphatic hydroxyl groups is 1. The van der Waals surface area contributed by atoms with Gasteiger partial charge in [0, 0.05) is 38.8 Å². The number of aliphatic hydroxyl groups excluding tert-OH is 1. The van der Waals surface area contributed by atoms with Crippen LogP contribution in [0.4, 0.5) is 4.79 Å². The van der Waals surface area contributed by atoms with Crippen molar-refractivity contribution in [2.75, 3.05) is 32.7 Å². The van der Waals surface area contributed by atoms with E-state index in [0.29, 0.717) is 0 Å². The number of nitrogens with one attached hydrogen (secondary N) is 1. The molecular formula is C15H27N3O2. The zero-order valence-electron chi connectivity index (χ0n) is 12.3. The van der Waals surface area contributed by atoms with Gasteiger partial charge < -0.3 is 15.3 Å². The van der Waals surface area contributed by atoms with Gasteiger partial charge in [-0.1, -0.05) is 0 Å². The molecule has 114 valence electrons. The second-order valence-electron chi connectivity index (χ2n) is 6.69. The lowest BCUT2D eigenvalue weighted by Gasteiger charge is -2.36. The van der Waals surface area contributed by atoms with Crippen LogP contribution >= 0.6 is 0 Å². The van der Waals surface area contributed by atoms with Gasteiger partial charge in [-0.3, -0.25) is 4.90 Å². The highest BCUT2D eigenvalue weighted by Crippen LogP contribution is 2.29. The third-order valence-corrected chi connectivity index (χ3v) is 4.90. The van der Waals surface area contributed by atoms with Crippen molar-refractivity contribution in [3.63, 3.8) is 0 Å². The Labute approximate surface area is 121 Å². The van der Waals surface area contributed by atoms with Crippen LogP contribution in [0.2, 0.25) is 0 Å². The van der Waals surface area contributed by atoms with Crippen molar-refractivity contribution in [3.05, 3.63) is 0 Å². The number of hydrogen-bond donors (Lipinski definition) is 2. The zero-order chi connectivity index (χ0) is 13.9. The third kappa shape index (κ3) is 3.85. The molecule has 0 radical (unpaired) electrons. The summed E-state index contributed by atoms with van der Waals surface area (Å²) < 4.78 is 0. The highest BCUT2D eigenvalue weighted by Gasteiger charge is 2.28. The Morgan fingerprint density at radius 3 is 2.25 bits per heavy atom. The van der Waals surface area contributed by atoms with Gasteiger partial charge in [0.25, 0.3) is 0 Å². The van der Waals surface area contributed by atoms with E-state index in [4.69, 9.17) is 0 Å². The molecule has 2 amide bonds. The molecule has 0 aromatic rings. The maximum Gasteiger partial charge on any atom is 0.317 e. The molecule has 1 heterocycles. The molecular weight excluding hydrogens is 254 g/mol. The number of amides is 2. The lowest BCUT2D eigenvalue weighted by Crippen LogP contribution is -2.54. The van der Waals surface area contributed by atoms with E-state index >= 15 is 0 Å². The Morgan fingerprint density at radius 2 is 1.65 bits per heavy atom.